The minimum atomic E-state index is -0.519. The maximum atomic E-state index is 11.1. The van der Waals surface area contributed by atoms with Gasteiger partial charge in [-0.05, 0) is 18.2 Å². The number of rotatable bonds is 2. The number of hydrogen-bond donors (Lipinski definition) is 2. The summed E-state index contributed by atoms with van der Waals surface area (Å²) in [7, 11) is 0. The summed E-state index contributed by atoms with van der Waals surface area (Å²) >= 11 is 3.36. The first-order valence-corrected chi connectivity index (χ1v) is 6.27. The molecule has 96 valence electrons. The zero-order chi connectivity index (χ0) is 13.4. The first kappa shape index (κ1) is 11.9. The van der Waals surface area contributed by atoms with Gasteiger partial charge in [0.25, 0.3) is 0 Å². The summed E-state index contributed by atoms with van der Waals surface area (Å²) in [6.45, 7) is 0. The summed E-state index contributed by atoms with van der Waals surface area (Å²) in [6, 6.07) is 10.6. The lowest BCUT2D eigenvalue weighted by Gasteiger charge is -2.08. The van der Waals surface area contributed by atoms with E-state index in [1.807, 2.05) is 24.3 Å². The highest BCUT2D eigenvalue weighted by Crippen LogP contribution is 2.31. The molecule has 0 fully saturated rings. The highest BCUT2D eigenvalue weighted by molar-refractivity contribution is 9.10. The fraction of sp³-hybridized carbons (Fsp3) is 0. The SMILES string of the molecule is Nc1cc2oc(=O)[nH]c2cc1Oc1cccc(Br)c1. The summed E-state index contributed by atoms with van der Waals surface area (Å²) in [5.41, 5.74) is 7.22. The van der Waals surface area contributed by atoms with Crippen molar-refractivity contribution in [3.8, 4) is 11.5 Å². The number of halogens is 1. The average Bonchev–Trinajstić information content (AvgIpc) is 2.69. The number of H-pyrrole nitrogens is 1. The number of anilines is 1. The molecular formula is C13H9BrN2O3. The minimum absolute atomic E-state index is 0.398. The Hall–Kier alpha value is -2.21. The van der Waals surface area contributed by atoms with Gasteiger partial charge < -0.3 is 14.9 Å². The second-order valence-corrected chi connectivity index (χ2v) is 4.88. The summed E-state index contributed by atoms with van der Waals surface area (Å²) in [4.78, 5) is 13.7. The molecule has 0 aliphatic carbocycles. The van der Waals surface area contributed by atoms with Gasteiger partial charge in [0, 0.05) is 16.6 Å². The predicted molar refractivity (Wildman–Crippen MR) is 75.5 cm³/mol. The number of oxazole rings is 1. The molecule has 1 heterocycles. The van der Waals surface area contributed by atoms with E-state index in [1.54, 1.807) is 12.1 Å². The summed E-state index contributed by atoms with van der Waals surface area (Å²) in [5.74, 6) is 0.586. The zero-order valence-electron chi connectivity index (χ0n) is 9.64. The maximum Gasteiger partial charge on any atom is 0.417 e. The van der Waals surface area contributed by atoms with Crippen LogP contribution >= 0.6 is 15.9 Å². The molecule has 0 radical (unpaired) electrons. The quantitative estimate of drug-likeness (QED) is 0.710. The third-order valence-corrected chi connectivity index (χ3v) is 3.07. The van der Waals surface area contributed by atoms with Crippen molar-refractivity contribution in [3.05, 3.63) is 51.4 Å². The fourth-order valence-electron chi connectivity index (χ4n) is 1.74. The molecule has 0 unspecified atom stereocenters. The molecule has 5 nitrogen and oxygen atoms in total. The van der Waals surface area contributed by atoms with Gasteiger partial charge in [0.1, 0.15) is 5.75 Å². The fourth-order valence-corrected chi connectivity index (χ4v) is 2.12. The molecule has 0 atom stereocenters. The molecular weight excluding hydrogens is 312 g/mol. The van der Waals surface area contributed by atoms with Gasteiger partial charge >= 0.3 is 5.76 Å². The Kier molecular flexibility index (Phi) is 2.79. The first-order chi connectivity index (χ1) is 9.11. The Balaban J connectivity index is 2.04. The van der Waals surface area contributed by atoms with E-state index in [0.29, 0.717) is 28.3 Å². The highest BCUT2D eigenvalue weighted by atomic mass is 79.9. The average molecular weight is 321 g/mol. The topological polar surface area (TPSA) is 81.2 Å². The molecule has 3 N–H and O–H groups in total. The van der Waals surface area contributed by atoms with Crippen LogP contribution in [-0.2, 0) is 0 Å². The number of hydrogen-bond acceptors (Lipinski definition) is 4. The number of nitrogen functional groups attached to an aromatic ring is 1. The van der Waals surface area contributed by atoms with E-state index in [2.05, 4.69) is 20.9 Å². The van der Waals surface area contributed by atoms with Crippen LogP contribution in [0.25, 0.3) is 11.1 Å². The number of ether oxygens (including phenoxy) is 1. The summed E-state index contributed by atoms with van der Waals surface area (Å²) in [5, 5.41) is 0. The first-order valence-electron chi connectivity index (χ1n) is 5.47. The van der Waals surface area contributed by atoms with Gasteiger partial charge in [-0.2, -0.15) is 0 Å². The largest absolute Gasteiger partial charge is 0.455 e. The van der Waals surface area contributed by atoms with Crippen LogP contribution in [0.4, 0.5) is 5.69 Å². The van der Waals surface area contributed by atoms with E-state index >= 15 is 0 Å². The van der Waals surface area contributed by atoms with Crippen LogP contribution in [-0.4, -0.2) is 4.98 Å². The van der Waals surface area contributed by atoms with Gasteiger partial charge in [0.15, 0.2) is 11.3 Å². The smallest absolute Gasteiger partial charge is 0.417 e. The minimum Gasteiger partial charge on any atom is -0.455 e. The van der Waals surface area contributed by atoms with Crippen LogP contribution in [0.15, 0.2) is 50.1 Å². The van der Waals surface area contributed by atoms with Crippen molar-refractivity contribution in [1.29, 1.82) is 0 Å². The number of benzene rings is 2. The Morgan fingerprint density at radius 1 is 1.26 bits per heavy atom. The molecule has 1 aromatic heterocycles. The lowest BCUT2D eigenvalue weighted by atomic mass is 10.2. The van der Waals surface area contributed by atoms with Gasteiger partial charge in [-0.3, -0.25) is 4.98 Å². The normalized spacial score (nSPS) is 10.8. The number of nitrogens with two attached hydrogens (primary N) is 1. The molecule has 0 saturated carbocycles. The third kappa shape index (κ3) is 2.34. The molecule has 3 aromatic rings. The van der Waals surface area contributed by atoms with Crippen molar-refractivity contribution in [1.82, 2.24) is 4.98 Å². The molecule has 0 aliphatic heterocycles. The van der Waals surface area contributed by atoms with E-state index in [9.17, 15) is 4.79 Å². The van der Waals surface area contributed by atoms with E-state index in [-0.39, 0.29) is 0 Å². The molecule has 3 rings (SSSR count). The third-order valence-electron chi connectivity index (χ3n) is 2.58. The lowest BCUT2D eigenvalue weighted by Crippen LogP contribution is -1.93. The molecule has 0 bridgehead atoms. The standard InChI is InChI=1S/C13H9BrN2O3/c14-7-2-1-3-8(4-7)18-11-6-10-12(5-9(11)15)19-13(17)16-10/h1-6H,15H2,(H,16,17). The van der Waals surface area contributed by atoms with Crippen molar-refractivity contribution in [2.24, 2.45) is 0 Å². The monoisotopic (exact) mass is 320 g/mol. The Morgan fingerprint density at radius 2 is 2.11 bits per heavy atom. The maximum absolute atomic E-state index is 11.1. The molecule has 0 spiro atoms. The molecule has 6 heteroatoms. The van der Waals surface area contributed by atoms with E-state index in [1.165, 1.54) is 0 Å². The summed E-state index contributed by atoms with van der Waals surface area (Å²) in [6.07, 6.45) is 0. The Morgan fingerprint density at radius 3 is 2.89 bits per heavy atom. The number of nitrogens with one attached hydrogen (secondary N) is 1. The lowest BCUT2D eigenvalue weighted by molar-refractivity contribution is 0.485. The van der Waals surface area contributed by atoms with E-state index < -0.39 is 5.76 Å². The predicted octanol–water partition coefficient (Wildman–Crippen LogP) is 3.26. The van der Waals surface area contributed by atoms with Crippen LogP contribution in [0.5, 0.6) is 11.5 Å². The van der Waals surface area contributed by atoms with Crippen LogP contribution in [0, 0.1) is 0 Å². The summed E-state index contributed by atoms with van der Waals surface area (Å²) < 4.78 is 11.5. The van der Waals surface area contributed by atoms with Crippen molar-refractivity contribution in [2.45, 2.75) is 0 Å². The van der Waals surface area contributed by atoms with Gasteiger partial charge in [-0.15, -0.1) is 0 Å². The van der Waals surface area contributed by atoms with Crippen LogP contribution in [0.2, 0.25) is 0 Å². The van der Waals surface area contributed by atoms with Gasteiger partial charge in [-0.1, -0.05) is 22.0 Å². The molecule has 19 heavy (non-hydrogen) atoms. The van der Waals surface area contributed by atoms with Crippen molar-refractivity contribution >= 4 is 32.7 Å². The van der Waals surface area contributed by atoms with Gasteiger partial charge in [0.05, 0.1) is 11.2 Å². The zero-order valence-corrected chi connectivity index (χ0v) is 11.2. The van der Waals surface area contributed by atoms with Gasteiger partial charge in [0.2, 0.25) is 0 Å². The van der Waals surface area contributed by atoms with Crippen molar-refractivity contribution < 1.29 is 9.15 Å². The number of aromatic nitrogens is 1. The highest BCUT2D eigenvalue weighted by Gasteiger charge is 2.08. The van der Waals surface area contributed by atoms with Crippen molar-refractivity contribution in [2.75, 3.05) is 5.73 Å². The van der Waals surface area contributed by atoms with Crippen LogP contribution in [0.1, 0.15) is 0 Å². The molecule has 2 aromatic carbocycles. The second-order valence-electron chi connectivity index (χ2n) is 3.96. The van der Waals surface area contributed by atoms with Crippen LogP contribution < -0.4 is 16.2 Å². The number of aromatic amines is 1. The van der Waals surface area contributed by atoms with Gasteiger partial charge in [-0.25, -0.2) is 4.79 Å². The molecule has 0 aliphatic rings. The van der Waals surface area contributed by atoms with Crippen LogP contribution in [0.3, 0.4) is 0 Å². The Bertz CT molecular complexity index is 807. The number of fused-ring (bicyclic) bond motifs is 1. The second kappa shape index (κ2) is 4.47. The Labute approximate surface area is 116 Å². The molecule has 0 saturated heterocycles. The van der Waals surface area contributed by atoms with E-state index in [0.717, 1.165) is 4.47 Å². The van der Waals surface area contributed by atoms with E-state index in [4.69, 9.17) is 14.9 Å². The van der Waals surface area contributed by atoms with Crippen molar-refractivity contribution in [3.63, 3.8) is 0 Å². The molecule has 0 amide bonds.